The molecule has 1 saturated carbocycles. The van der Waals surface area contributed by atoms with E-state index >= 15 is 0 Å². The molecule has 0 radical (unpaired) electrons. The Labute approximate surface area is 102 Å². The number of aliphatic hydroxyl groups is 1. The van der Waals surface area contributed by atoms with Gasteiger partial charge in [-0.25, -0.2) is 0 Å². The normalized spacial score (nSPS) is 27.9. The van der Waals surface area contributed by atoms with E-state index in [0.29, 0.717) is 12.8 Å². The van der Waals surface area contributed by atoms with Gasteiger partial charge in [-0.15, -0.1) is 11.3 Å². The Kier molecular flexibility index (Phi) is 2.24. The van der Waals surface area contributed by atoms with E-state index < -0.39 is 17.5 Å². The number of hydrogen-bond acceptors (Lipinski definition) is 3. The molecule has 2 aromatic rings. The molecule has 0 aliphatic heterocycles. The van der Waals surface area contributed by atoms with E-state index in [1.54, 1.807) is 11.3 Å². The van der Waals surface area contributed by atoms with Crippen LogP contribution in [-0.2, 0) is 10.4 Å². The van der Waals surface area contributed by atoms with Gasteiger partial charge in [-0.3, -0.25) is 4.79 Å². The van der Waals surface area contributed by atoms with Gasteiger partial charge >= 0.3 is 5.97 Å². The van der Waals surface area contributed by atoms with Gasteiger partial charge in [-0.2, -0.15) is 0 Å². The molecule has 1 fully saturated rings. The summed E-state index contributed by atoms with van der Waals surface area (Å²) in [4.78, 5) is 10.8. The van der Waals surface area contributed by atoms with Crippen molar-refractivity contribution in [3.05, 3.63) is 35.2 Å². The molecule has 4 heteroatoms. The highest BCUT2D eigenvalue weighted by atomic mass is 32.1. The van der Waals surface area contributed by atoms with Crippen LogP contribution >= 0.6 is 11.3 Å². The Balaban J connectivity index is 2.00. The zero-order chi connectivity index (χ0) is 12.0. The Hall–Kier alpha value is -1.39. The highest BCUT2D eigenvalue weighted by Crippen LogP contribution is 2.48. The average Bonchev–Trinajstić information content (AvgIpc) is 2.71. The van der Waals surface area contributed by atoms with Crippen LogP contribution in [0.25, 0.3) is 10.1 Å². The number of thiophene rings is 1. The summed E-state index contributed by atoms with van der Waals surface area (Å²) in [6, 6.07) is 7.83. The molecule has 1 aliphatic rings. The van der Waals surface area contributed by atoms with Crippen LogP contribution in [0.2, 0.25) is 0 Å². The lowest BCUT2D eigenvalue weighted by molar-refractivity contribution is -0.159. The van der Waals surface area contributed by atoms with Gasteiger partial charge in [0, 0.05) is 10.3 Å². The number of carbonyl (C=O) groups is 1. The maximum atomic E-state index is 10.8. The molecule has 1 aromatic heterocycles. The van der Waals surface area contributed by atoms with Crippen molar-refractivity contribution < 1.29 is 15.0 Å². The zero-order valence-electron chi connectivity index (χ0n) is 9.09. The van der Waals surface area contributed by atoms with E-state index in [0.717, 1.165) is 15.6 Å². The van der Waals surface area contributed by atoms with Crippen LogP contribution in [0.1, 0.15) is 18.4 Å². The van der Waals surface area contributed by atoms with Crippen LogP contribution in [0, 0.1) is 5.92 Å². The number of carboxylic acid groups (broad SMARTS) is 1. The molecular weight excluding hydrogens is 236 g/mol. The first-order chi connectivity index (χ1) is 8.10. The molecule has 1 aliphatic carbocycles. The lowest BCUT2D eigenvalue weighted by Gasteiger charge is -2.42. The lowest BCUT2D eigenvalue weighted by atomic mass is 9.67. The molecule has 1 aromatic carbocycles. The Bertz CT molecular complexity index is 581. The predicted molar refractivity (Wildman–Crippen MR) is 66.1 cm³/mol. The van der Waals surface area contributed by atoms with Crippen molar-refractivity contribution >= 4 is 27.4 Å². The van der Waals surface area contributed by atoms with Crippen LogP contribution in [0.3, 0.4) is 0 Å². The summed E-state index contributed by atoms with van der Waals surface area (Å²) in [5.41, 5.74) is -0.0737. The molecule has 88 valence electrons. The minimum atomic E-state index is -0.951. The lowest BCUT2D eigenvalue weighted by Crippen LogP contribution is -2.44. The fraction of sp³-hybridized carbons (Fsp3) is 0.308. The smallest absolute Gasteiger partial charge is 0.306 e. The SMILES string of the molecule is O=C(O)C1CC(O)(c2cccc3ccsc23)C1. The first-order valence-electron chi connectivity index (χ1n) is 5.52. The number of benzene rings is 1. The molecule has 3 nitrogen and oxygen atoms in total. The molecule has 3 rings (SSSR count). The van der Waals surface area contributed by atoms with Gasteiger partial charge in [0.1, 0.15) is 0 Å². The fourth-order valence-electron chi connectivity index (χ4n) is 2.51. The molecule has 0 unspecified atom stereocenters. The van der Waals surface area contributed by atoms with Gasteiger partial charge in [0.05, 0.1) is 11.5 Å². The topological polar surface area (TPSA) is 57.5 Å². The maximum Gasteiger partial charge on any atom is 0.306 e. The third-order valence-corrected chi connectivity index (χ3v) is 4.46. The Morgan fingerprint density at radius 3 is 2.82 bits per heavy atom. The first kappa shape index (κ1) is 10.7. The predicted octanol–water partition coefficient (Wildman–Crippen LogP) is 2.58. The quantitative estimate of drug-likeness (QED) is 0.858. The van der Waals surface area contributed by atoms with E-state index in [9.17, 15) is 9.90 Å². The molecule has 2 N–H and O–H groups in total. The van der Waals surface area contributed by atoms with E-state index in [-0.39, 0.29) is 0 Å². The monoisotopic (exact) mass is 248 g/mol. The van der Waals surface area contributed by atoms with E-state index in [1.165, 1.54) is 0 Å². The minimum Gasteiger partial charge on any atom is -0.481 e. The van der Waals surface area contributed by atoms with Crippen molar-refractivity contribution in [2.75, 3.05) is 0 Å². The second-order valence-electron chi connectivity index (χ2n) is 4.62. The van der Waals surface area contributed by atoms with Crippen LogP contribution in [0.4, 0.5) is 0 Å². The summed E-state index contributed by atoms with van der Waals surface area (Å²) in [7, 11) is 0. The summed E-state index contributed by atoms with van der Waals surface area (Å²) in [6.45, 7) is 0. The molecule has 17 heavy (non-hydrogen) atoms. The van der Waals surface area contributed by atoms with Crippen molar-refractivity contribution in [3.8, 4) is 0 Å². The van der Waals surface area contributed by atoms with Crippen molar-refractivity contribution in [1.29, 1.82) is 0 Å². The van der Waals surface area contributed by atoms with Gasteiger partial charge in [-0.1, -0.05) is 18.2 Å². The summed E-state index contributed by atoms with van der Waals surface area (Å²) in [6.07, 6.45) is 0.638. The fourth-order valence-corrected chi connectivity index (χ4v) is 3.52. The zero-order valence-corrected chi connectivity index (χ0v) is 9.91. The number of aliphatic carboxylic acids is 1. The van der Waals surface area contributed by atoms with Crippen LogP contribution < -0.4 is 0 Å². The number of rotatable bonds is 2. The average molecular weight is 248 g/mol. The third-order valence-electron chi connectivity index (χ3n) is 3.50. The van der Waals surface area contributed by atoms with Gasteiger partial charge < -0.3 is 10.2 Å². The number of hydrogen-bond donors (Lipinski definition) is 2. The van der Waals surface area contributed by atoms with Crippen molar-refractivity contribution in [1.82, 2.24) is 0 Å². The first-order valence-corrected chi connectivity index (χ1v) is 6.40. The largest absolute Gasteiger partial charge is 0.481 e. The highest BCUT2D eigenvalue weighted by Gasteiger charge is 2.48. The van der Waals surface area contributed by atoms with Gasteiger partial charge in [0.2, 0.25) is 0 Å². The van der Waals surface area contributed by atoms with Crippen molar-refractivity contribution in [3.63, 3.8) is 0 Å². The summed E-state index contributed by atoms with van der Waals surface area (Å²) >= 11 is 1.59. The minimum absolute atomic E-state index is 0.319. The van der Waals surface area contributed by atoms with E-state index in [2.05, 4.69) is 0 Å². The summed E-state index contributed by atoms with van der Waals surface area (Å²) < 4.78 is 1.07. The molecule has 1 heterocycles. The Morgan fingerprint density at radius 2 is 2.12 bits per heavy atom. The molecule has 0 atom stereocenters. The summed E-state index contributed by atoms with van der Waals surface area (Å²) in [5.74, 6) is -1.22. The number of carboxylic acids is 1. The number of fused-ring (bicyclic) bond motifs is 1. The molecule has 0 amide bonds. The maximum absolute atomic E-state index is 10.8. The van der Waals surface area contributed by atoms with Gasteiger partial charge in [0.25, 0.3) is 0 Å². The summed E-state index contributed by atoms with van der Waals surface area (Å²) in [5, 5.41) is 22.4. The second-order valence-corrected chi connectivity index (χ2v) is 5.54. The Morgan fingerprint density at radius 1 is 1.35 bits per heavy atom. The van der Waals surface area contributed by atoms with Gasteiger partial charge in [-0.05, 0) is 29.7 Å². The third kappa shape index (κ3) is 1.56. The van der Waals surface area contributed by atoms with Crippen LogP contribution in [0.15, 0.2) is 29.6 Å². The highest BCUT2D eigenvalue weighted by molar-refractivity contribution is 7.17. The van der Waals surface area contributed by atoms with Crippen molar-refractivity contribution in [2.45, 2.75) is 18.4 Å². The second kappa shape index (κ2) is 3.55. The van der Waals surface area contributed by atoms with Crippen LogP contribution in [-0.4, -0.2) is 16.2 Å². The van der Waals surface area contributed by atoms with Gasteiger partial charge in [0.15, 0.2) is 0 Å². The van der Waals surface area contributed by atoms with E-state index in [4.69, 9.17) is 5.11 Å². The van der Waals surface area contributed by atoms with Crippen LogP contribution in [0.5, 0.6) is 0 Å². The standard InChI is InChI=1S/C13H12O3S/c14-12(15)9-6-13(16,7-9)10-3-1-2-8-4-5-17-11(8)10/h1-5,9,16H,6-7H2,(H,14,15). The molecular formula is C13H12O3S. The van der Waals surface area contributed by atoms with E-state index in [1.807, 2.05) is 29.6 Å². The van der Waals surface area contributed by atoms with Crippen molar-refractivity contribution in [2.24, 2.45) is 5.92 Å². The molecule has 0 bridgehead atoms. The molecule has 0 saturated heterocycles. The molecule has 0 spiro atoms.